The van der Waals surface area contributed by atoms with Crippen LogP contribution in [0.15, 0.2) is 30.3 Å². The highest BCUT2D eigenvalue weighted by Crippen LogP contribution is 2.40. The standard InChI is InChI=1S/C11H13NO/c13-9-12-11(7-4-8-11)10-5-2-1-3-6-10/h1-3,5-6,9H,4,7-8H2,(H,12,13). The lowest BCUT2D eigenvalue weighted by molar-refractivity contribution is -0.112. The molecular weight excluding hydrogens is 162 g/mol. The first-order valence-electron chi connectivity index (χ1n) is 4.64. The highest BCUT2D eigenvalue weighted by Gasteiger charge is 2.37. The summed E-state index contributed by atoms with van der Waals surface area (Å²) >= 11 is 0. The molecule has 0 spiro atoms. The Kier molecular flexibility index (Phi) is 2.05. The summed E-state index contributed by atoms with van der Waals surface area (Å²) < 4.78 is 0. The van der Waals surface area contributed by atoms with E-state index in [4.69, 9.17) is 0 Å². The fourth-order valence-corrected chi connectivity index (χ4v) is 1.92. The number of hydrogen-bond donors (Lipinski definition) is 1. The van der Waals surface area contributed by atoms with Crippen LogP contribution < -0.4 is 5.32 Å². The molecule has 1 aliphatic rings. The summed E-state index contributed by atoms with van der Waals surface area (Å²) in [5.41, 5.74) is 1.18. The predicted octanol–water partition coefficient (Wildman–Crippen LogP) is 1.81. The summed E-state index contributed by atoms with van der Waals surface area (Å²) in [6.45, 7) is 0. The van der Waals surface area contributed by atoms with Crippen molar-refractivity contribution < 1.29 is 4.79 Å². The van der Waals surface area contributed by atoms with Crippen LogP contribution in [0.1, 0.15) is 24.8 Å². The Balaban J connectivity index is 2.26. The smallest absolute Gasteiger partial charge is 0.207 e. The third-order valence-electron chi connectivity index (χ3n) is 2.87. The van der Waals surface area contributed by atoms with E-state index in [1.54, 1.807) is 0 Å². The monoisotopic (exact) mass is 175 g/mol. The lowest BCUT2D eigenvalue weighted by Crippen LogP contribution is -2.47. The van der Waals surface area contributed by atoms with E-state index in [1.165, 1.54) is 12.0 Å². The molecule has 68 valence electrons. The number of rotatable bonds is 3. The van der Waals surface area contributed by atoms with Gasteiger partial charge in [-0.3, -0.25) is 4.79 Å². The quantitative estimate of drug-likeness (QED) is 0.697. The lowest BCUT2D eigenvalue weighted by Gasteiger charge is -2.41. The van der Waals surface area contributed by atoms with Crippen molar-refractivity contribution in [2.45, 2.75) is 24.8 Å². The van der Waals surface area contributed by atoms with Gasteiger partial charge in [-0.05, 0) is 24.8 Å². The Labute approximate surface area is 78.0 Å². The molecule has 1 fully saturated rings. The first-order valence-corrected chi connectivity index (χ1v) is 4.64. The molecule has 0 radical (unpaired) electrons. The van der Waals surface area contributed by atoms with E-state index in [0.717, 1.165) is 19.3 Å². The second kappa shape index (κ2) is 3.21. The molecule has 0 aromatic heterocycles. The van der Waals surface area contributed by atoms with E-state index in [-0.39, 0.29) is 5.54 Å². The fourth-order valence-electron chi connectivity index (χ4n) is 1.92. The average Bonchev–Trinajstić information content (AvgIpc) is 2.13. The number of carbonyl (C=O) groups is 1. The molecule has 1 aromatic rings. The van der Waals surface area contributed by atoms with Gasteiger partial charge >= 0.3 is 0 Å². The van der Waals surface area contributed by atoms with Gasteiger partial charge in [0.25, 0.3) is 0 Å². The van der Waals surface area contributed by atoms with Gasteiger partial charge < -0.3 is 5.32 Å². The highest BCUT2D eigenvalue weighted by molar-refractivity contribution is 5.50. The zero-order chi connectivity index (χ0) is 9.15. The van der Waals surface area contributed by atoms with Crippen LogP contribution in [0.4, 0.5) is 0 Å². The van der Waals surface area contributed by atoms with Gasteiger partial charge in [-0.1, -0.05) is 30.3 Å². The third-order valence-corrected chi connectivity index (χ3v) is 2.87. The average molecular weight is 175 g/mol. The summed E-state index contributed by atoms with van der Waals surface area (Å²) in [6, 6.07) is 10.2. The molecule has 1 aliphatic carbocycles. The summed E-state index contributed by atoms with van der Waals surface area (Å²) in [5.74, 6) is 0. The van der Waals surface area contributed by atoms with Gasteiger partial charge in [-0.2, -0.15) is 0 Å². The van der Waals surface area contributed by atoms with Crippen molar-refractivity contribution in [1.82, 2.24) is 5.32 Å². The van der Waals surface area contributed by atoms with Gasteiger partial charge in [0.2, 0.25) is 6.41 Å². The van der Waals surface area contributed by atoms with Crippen LogP contribution in [0.3, 0.4) is 0 Å². The number of hydrogen-bond acceptors (Lipinski definition) is 1. The molecule has 0 aliphatic heterocycles. The van der Waals surface area contributed by atoms with Crippen molar-refractivity contribution in [3.63, 3.8) is 0 Å². The minimum atomic E-state index is -0.0526. The molecule has 2 rings (SSSR count). The van der Waals surface area contributed by atoms with Crippen LogP contribution in [0, 0.1) is 0 Å². The minimum absolute atomic E-state index is 0.0526. The largest absolute Gasteiger partial charge is 0.349 e. The zero-order valence-electron chi connectivity index (χ0n) is 7.49. The first-order chi connectivity index (χ1) is 6.37. The van der Waals surface area contributed by atoms with E-state index < -0.39 is 0 Å². The second-order valence-corrected chi connectivity index (χ2v) is 3.56. The second-order valence-electron chi connectivity index (χ2n) is 3.56. The molecule has 1 N–H and O–H groups in total. The van der Waals surface area contributed by atoms with Gasteiger partial charge in [0, 0.05) is 0 Å². The Morgan fingerprint density at radius 3 is 2.38 bits per heavy atom. The van der Waals surface area contributed by atoms with Crippen molar-refractivity contribution in [3.8, 4) is 0 Å². The van der Waals surface area contributed by atoms with Crippen LogP contribution in [0.2, 0.25) is 0 Å². The maximum Gasteiger partial charge on any atom is 0.207 e. The van der Waals surface area contributed by atoms with Crippen LogP contribution in [-0.4, -0.2) is 6.41 Å². The zero-order valence-corrected chi connectivity index (χ0v) is 7.49. The maximum atomic E-state index is 10.5. The Hall–Kier alpha value is -1.31. The number of nitrogens with one attached hydrogen (secondary N) is 1. The van der Waals surface area contributed by atoms with Crippen molar-refractivity contribution >= 4 is 6.41 Å². The number of amides is 1. The van der Waals surface area contributed by atoms with Crippen LogP contribution in [0.25, 0.3) is 0 Å². The van der Waals surface area contributed by atoms with Crippen LogP contribution in [0.5, 0.6) is 0 Å². The van der Waals surface area contributed by atoms with Gasteiger partial charge in [0.15, 0.2) is 0 Å². The molecule has 0 atom stereocenters. The molecule has 0 heterocycles. The van der Waals surface area contributed by atoms with Crippen molar-refractivity contribution in [3.05, 3.63) is 35.9 Å². The van der Waals surface area contributed by atoms with Crippen molar-refractivity contribution in [2.75, 3.05) is 0 Å². The van der Waals surface area contributed by atoms with E-state index in [9.17, 15) is 4.79 Å². The molecule has 0 unspecified atom stereocenters. The molecule has 0 bridgehead atoms. The van der Waals surface area contributed by atoms with E-state index >= 15 is 0 Å². The molecule has 2 nitrogen and oxygen atoms in total. The van der Waals surface area contributed by atoms with Gasteiger partial charge in [0.05, 0.1) is 5.54 Å². The third kappa shape index (κ3) is 1.32. The van der Waals surface area contributed by atoms with E-state index in [2.05, 4.69) is 17.4 Å². The molecule has 1 aromatic carbocycles. The van der Waals surface area contributed by atoms with E-state index in [0.29, 0.717) is 0 Å². The molecular formula is C11H13NO. The van der Waals surface area contributed by atoms with Gasteiger partial charge in [-0.15, -0.1) is 0 Å². The van der Waals surface area contributed by atoms with Crippen LogP contribution in [-0.2, 0) is 10.3 Å². The maximum absolute atomic E-state index is 10.5. The minimum Gasteiger partial charge on any atom is -0.349 e. The number of carbonyl (C=O) groups excluding carboxylic acids is 1. The topological polar surface area (TPSA) is 29.1 Å². The summed E-state index contributed by atoms with van der Waals surface area (Å²) in [4.78, 5) is 10.5. The van der Waals surface area contributed by atoms with Gasteiger partial charge in [0.1, 0.15) is 0 Å². The van der Waals surface area contributed by atoms with E-state index in [1.807, 2.05) is 18.2 Å². The lowest BCUT2D eigenvalue weighted by atomic mass is 9.72. The van der Waals surface area contributed by atoms with Crippen molar-refractivity contribution in [2.24, 2.45) is 0 Å². The Morgan fingerprint density at radius 1 is 1.23 bits per heavy atom. The molecule has 2 heteroatoms. The molecule has 1 saturated carbocycles. The van der Waals surface area contributed by atoms with Crippen molar-refractivity contribution in [1.29, 1.82) is 0 Å². The summed E-state index contributed by atoms with van der Waals surface area (Å²) in [5, 5.41) is 2.93. The molecule has 1 amide bonds. The normalized spacial score (nSPS) is 18.8. The number of benzene rings is 1. The Bertz CT molecular complexity index is 290. The predicted molar refractivity (Wildman–Crippen MR) is 51.2 cm³/mol. The van der Waals surface area contributed by atoms with Gasteiger partial charge in [-0.25, -0.2) is 0 Å². The van der Waals surface area contributed by atoms with Crippen LogP contribution >= 0.6 is 0 Å². The Morgan fingerprint density at radius 2 is 1.92 bits per heavy atom. The molecule has 13 heavy (non-hydrogen) atoms. The fraction of sp³-hybridized carbons (Fsp3) is 0.364. The highest BCUT2D eigenvalue weighted by atomic mass is 16.1. The summed E-state index contributed by atoms with van der Waals surface area (Å²) in [6.07, 6.45) is 4.15. The first kappa shape index (κ1) is 8.30. The molecule has 0 saturated heterocycles. The SMILES string of the molecule is O=CNC1(c2ccccc2)CCC1. The summed E-state index contributed by atoms with van der Waals surface area (Å²) in [7, 11) is 0.